The third-order valence-corrected chi connectivity index (χ3v) is 1.47. The zero-order chi connectivity index (χ0) is 11.7. The molecule has 15 heavy (non-hydrogen) atoms. The molecule has 0 amide bonds. The van der Waals surface area contributed by atoms with Crippen molar-refractivity contribution < 1.29 is 19.1 Å². The van der Waals surface area contributed by atoms with Gasteiger partial charge in [-0.3, -0.25) is 4.79 Å². The van der Waals surface area contributed by atoms with Crippen LogP contribution in [0.1, 0.15) is 40.0 Å². The second-order valence-corrected chi connectivity index (χ2v) is 4.26. The third-order valence-electron chi connectivity index (χ3n) is 1.47. The first-order chi connectivity index (χ1) is 6.95. The van der Waals surface area contributed by atoms with Gasteiger partial charge in [-0.05, 0) is 27.2 Å². The Balaban J connectivity index is 3.36. The van der Waals surface area contributed by atoms with Crippen LogP contribution >= 0.6 is 0 Å². The van der Waals surface area contributed by atoms with Gasteiger partial charge in [-0.2, -0.15) is 0 Å². The van der Waals surface area contributed by atoms with Crippen LogP contribution in [-0.4, -0.2) is 31.1 Å². The van der Waals surface area contributed by atoms with Gasteiger partial charge in [-0.1, -0.05) is 0 Å². The SMILES string of the molecule is CC(C)(C)OC(=O)CCCOCCC=O. The molecule has 0 saturated heterocycles. The monoisotopic (exact) mass is 216 g/mol. The van der Waals surface area contributed by atoms with E-state index in [1.165, 1.54) is 0 Å². The van der Waals surface area contributed by atoms with E-state index in [0.29, 0.717) is 32.5 Å². The molecule has 0 heterocycles. The largest absolute Gasteiger partial charge is 0.460 e. The standard InChI is InChI=1S/C11H20O4/c1-11(2,3)15-10(13)6-4-8-14-9-5-7-12/h7H,4-6,8-9H2,1-3H3. The average Bonchev–Trinajstić information content (AvgIpc) is 2.08. The molecular formula is C11H20O4. The molecule has 0 fully saturated rings. The zero-order valence-electron chi connectivity index (χ0n) is 9.75. The van der Waals surface area contributed by atoms with E-state index in [0.717, 1.165) is 6.29 Å². The third kappa shape index (κ3) is 11.0. The van der Waals surface area contributed by atoms with Crippen LogP contribution in [0, 0.1) is 0 Å². The fraction of sp³-hybridized carbons (Fsp3) is 0.818. The average molecular weight is 216 g/mol. The number of aldehydes is 1. The minimum Gasteiger partial charge on any atom is -0.460 e. The van der Waals surface area contributed by atoms with Crippen molar-refractivity contribution in [2.75, 3.05) is 13.2 Å². The van der Waals surface area contributed by atoms with E-state index in [-0.39, 0.29) is 5.97 Å². The van der Waals surface area contributed by atoms with Gasteiger partial charge in [0.1, 0.15) is 11.9 Å². The van der Waals surface area contributed by atoms with E-state index in [1.807, 2.05) is 20.8 Å². The van der Waals surface area contributed by atoms with E-state index < -0.39 is 5.60 Å². The Labute approximate surface area is 90.9 Å². The van der Waals surface area contributed by atoms with Gasteiger partial charge in [0.15, 0.2) is 0 Å². The fourth-order valence-electron chi connectivity index (χ4n) is 0.945. The van der Waals surface area contributed by atoms with Gasteiger partial charge in [-0.25, -0.2) is 0 Å². The van der Waals surface area contributed by atoms with Crippen LogP contribution in [-0.2, 0) is 19.1 Å². The van der Waals surface area contributed by atoms with Crippen LogP contribution in [0.2, 0.25) is 0 Å². The van der Waals surface area contributed by atoms with E-state index >= 15 is 0 Å². The van der Waals surface area contributed by atoms with Crippen LogP contribution in [0.25, 0.3) is 0 Å². The Morgan fingerprint density at radius 2 is 1.93 bits per heavy atom. The lowest BCUT2D eigenvalue weighted by Gasteiger charge is -2.19. The molecule has 0 N–H and O–H groups in total. The Bertz CT molecular complexity index is 193. The van der Waals surface area contributed by atoms with Crippen molar-refractivity contribution in [1.29, 1.82) is 0 Å². The highest BCUT2D eigenvalue weighted by Crippen LogP contribution is 2.08. The van der Waals surface area contributed by atoms with E-state index in [1.54, 1.807) is 0 Å². The first-order valence-corrected chi connectivity index (χ1v) is 5.19. The molecule has 0 spiro atoms. The summed E-state index contributed by atoms with van der Waals surface area (Å²) >= 11 is 0. The molecule has 4 heteroatoms. The summed E-state index contributed by atoms with van der Waals surface area (Å²) in [6, 6.07) is 0. The lowest BCUT2D eigenvalue weighted by molar-refractivity contribution is -0.155. The molecule has 0 aliphatic rings. The summed E-state index contributed by atoms with van der Waals surface area (Å²) in [5.41, 5.74) is -0.421. The Morgan fingerprint density at radius 1 is 1.27 bits per heavy atom. The van der Waals surface area contributed by atoms with Crippen molar-refractivity contribution in [3.63, 3.8) is 0 Å². The van der Waals surface area contributed by atoms with Gasteiger partial charge in [0.25, 0.3) is 0 Å². The lowest BCUT2D eigenvalue weighted by atomic mass is 10.2. The molecule has 0 aromatic heterocycles. The van der Waals surface area contributed by atoms with Gasteiger partial charge >= 0.3 is 5.97 Å². The number of hydrogen-bond donors (Lipinski definition) is 0. The second kappa shape index (κ2) is 7.40. The smallest absolute Gasteiger partial charge is 0.306 e. The summed E-state index contributed by atoms with van der Waals surface area (Å²) in [5, 5.41) is 0. The quantitative estimate of drug-likeness (QED) is 0.369. The molecule has 0 aromatic rings. The topological polar surface area (TPSA) is 52.6 Å². The molecule has 0 aliphatic heterocycles. The van der Waals surface area contributed by atoms with Gasteiger partial charge in [0.05, 0.1) is 6.61 Å². The molecule has 0 aromatic carbocycles. The normalized spacial score (nSPS) is 11.1. The van der Waals surface area contributed by atoms with E-state index in [2.05, 4.69) is 0 Å². The second-order valence-electron chi connectivity index (χ2n) is 4.26. The molecule has 0 radical (unpaired) electrons. The maximum absolute atomic E-state index is 11.2. The van der Waals surface area contributed by atoms with Gasteiger partial charge in [-0.15, -0.1) is 0 Å². The highest BCUT2D eigenvalue weighted by molar-refractivity contribution is 5.69. The minimum absolute atomic E-state index is 0.207. The molecular weight excluding hydrogens is 196 g/mol. The fourth-order valence-corrected chi connectivity index (χ4v) is 0.945. The summed E-state index contributed by atoms with van der Waals surface area (Å²) < 4.78 is 10.2. The van der Waals surface area contributed by atoms with Crippen molar-refractivity contribution in [2.24, 2.45) is 0 Å². The number of carbonyl (C=O) groups is 2. The van der Waals surface area contributed by atoms with Crippen molar-refractivity contribution >= 4 is 12.3 Å². The maximum atomic E-state index is 11.2. The molecule has 0 unspecified atom stereocenters. The van der Waals surface area contributed by atoms with Crippen molar-refractivity contribution in [3.8, 4) is 0 Å². The molecule has 0 bridgehead atoms. The summed E-state index contributed by atoms with van der Waals surface area (Å²) in [7, 11) is 0. The molecule has 0 aliphatic carbocycles. The lowest BCUT2D eigenvalue weighted by Crippen LogP contribution is -2.23. The Morgan fingerprint density at radius 3 is 2.47 bits per heavy atom. The predicted octanol–water partition coefficient (Wildman–Crippen LogP) is 1.71. The highest BCUT2D eigenvalue weighted by Gasteiger charge is 2.15. The highest BCUT2D eigenvalue weighted by atomic mass is 16.6. The summed E-state index contributed by atoms with van der Waals surface area (Å²) in [6.07, 6.45) is 2.21. The van der Waals surface area contributed by atoms with Gasteiger partial charge < -0.3 is 14.3 Å². The molecule has 0 atom stereocenters. The summed E-state index contributed by atoms with van der Waals surface area (Å²) in [5.74, 6) is -0.207. The number of ether oxygens (including phenoxy) is 2. The Kier molecular flexibility index (Phi) is 6.96. The van der Waals surface area contributed by atoms with Crippen LogP contribution in [0.5, 0.6) is 0 Å². The minimum atomic E-state index is -0.421. The molecule has 0 rings (SSSR count). The van der Waals surface area contributed by atoms with Crippen LogP contribution in [0.3, 0.4) is 0 Å². The number of esters is 1. The van der Waals surface area contributed by atoms with Crippen LogP contribution in [0.15, 0.2) is 0 Å². The van der Waals surface area contributed by atoms with Crippen molar-refractivity contribution in [1.82, 2.24) is 0 Å². The van der Waals surface area contributed by atoms with Crippen molar-refractivity contribution in [3.05, 3.63) is 0 Å². The van der Waals surface area contributed by atoms with E-state index in [4.69, 9.17) is 9.47 Å². The first kappa shape index (κ1) is 14.1. The van der Waals surface area contributed by atoms with E-state index in [9.17, 15) is 9.59 Å². The van der Waals surface area contributed by atoms with Gasteiger partial charge in [0.2, 0.25) is 0 Å². The molecule has 88 valence electrons. The number of carbonyl (C=O) groups excluding carboxylic acids is 2. The van der Waals surface area contributed by atoms with Crippen LogP contribution < -0.4 is 0 Å². The summed E-state index contributed by atoms with van der Waals surface area (Å²) in [6.45, 7) is 6.44. The summed E-state index contributed by atoms with van der Waals surface area (Å²) in [4.78, 5) is 21.2. The van der Waals surface area contributed by atoms with Gasteiger partial charge in [0, 0.05) is 19.4 Å². The first-order valence-electron chi connectivity index (χ1n) is 5.19. The maximum Gasteiger partial charge on any atom is 0.306 e. The van der Waals surface area contributed by atoms with Crippen molar-refractivity contribution in [2.45, 2.75) is 45.6 Å². The number of rotatable bonds is 7. The predicted molar refractivity (Wildman–Crippen MR) is 56.6 cm³/mol. The Hall–Kier alpha value is -0.900. The number of hydrogen-bond acceptors (Lipinski definition) is 4. The molecule has 4 nitrogen and oxygen atoms in total. The molecule has 0 saturated carbocycles. The zero-order valence-corrected chi connectivity index (χ0v) is 9.75. The van der Waals surface area contributed by atoms with Crippen LogP contribution in [0.4, 0.5) is 0 Å².